The molecule has 0 amide bonds. The molecule has 0 fully saturated rings. The van der Waals surface area contributed by atoms with Gasteiger partial charge in [-0.15, -0.1) is 0 Å². The maximum Gasteiger partial charge on any atom is 0.328 e. The molecule has 0 aliphatic carbocycles. The Bertz CT molecular complexity index is 647. The first kappa shape index (κ1) is 22.6. The minimum Gasteiger partial charge on any atom is -0.480 e. The van der Waals surface area contributed by atoms with E-state index in [9.17, 15) is 14.4 Å². The summed E-state index contributed by atoms with van der Waals surface area (Å²) < 4.78 is 10.00. The van der Waals surface area contributed by atoms with Gasteiger partial charge in [0.25, 0.3) is 0 Å². The van der Waals surface area contributed by atoms with Crippen molar-refractivity contribution in [3.8, 4) is 5.75 Å². The third kappa shape index (κ3) is 8.16. The number of ether oxygens (including phenoxy) is 2. The number of hydrogen-bond donors (Lipinski definition) is 4. The fourth-order valence-electron chi connectivity index (χ4n) is 2.18. The van der Waals surface area contributed by atoms with E-state index in [1.807, 2.05) is 13.8 Å². The fraction of sp³-hybridized carbons (Fsp3) is 0.500. The first-order chi connectivity index (χ1) is 12.6. The molecular weight excluding hydrogens is 354 g/mol. The van der Waals surface area contributed by atoms with Gasteiger partial charge >= 0.3 is 17.9 Å². The molecule has 1 rings (SSSR count). The lowest BCUT2D eigenvalue weighted by molar-refractivity contribution is -0.149. The molecule has 0 radical (unpaired) electrons. The van der Waals surface area contributed by atoms with Gasteiger partial charge in [-0.2, -0.15) is 0 Å². The van der Waals surface area contributed by atoms with Gasteiger partial charge in [0.15, 0.2) is 0 Å². The number of aliphatic carboxylic acids is 1. The Balaban J connectivity index is 2.52. The highest BCUT2D eigenvalue weighted by molar-refractivity contribution is 5.78. The fourth-order valence-corrected chi connectivity index (χ4v) is 2.18. The Morgan fingerprint density at radius 3 is 2.07 bits per heavy atom. The number of hydrogen-bond acceptors (Lipinski definition) is 8. The van der Waals surface area contributed by atoms with Gasteiger partial charge in [-0.05, 0) is 36.5 Å². The van der Waals surface area contributed by atoms with Gasteiger partial charge in [-0.25, -0.2) is 4.79 Å². The molecule has 150 valence electrons. The number of carboxylic acid groups (broad SMARTS) is 1. The summed E-state index contributed by atoms with van der Waals surface area (Å²) in [5, 5.41) is 8.64. The highest BCUT2D eigenvalue weighted by Gasteiger charge is 2.20. The van der Waals surface area contributed by atoms with Crippen LogP contribution in [0.15, 0.2) is 24.3 Å². The van der Waals surface area contributed by atoms with E-state index in [2.05, 4.69) is 0 Å². The van der Waals surface area contributed by atoms with E-state index >= 15 is 0 Å². The van der Waals surface area contributed by atoms with E-state index in [4.69, 9.17) is 31.8 Å². The summed E-state index contributed by atoms with van der Waals surface area (Å²) in [5.41, 5.74) is 17.5. The lowest BCUT2D eigenvalue weighted by Crippen LogP contribution is -2.40. The van der Waals surface area contributed by atoms with Gasteiger partial charge in [0.2, 0.25) is 0 Å². The molecule has 0 heterocycles. The summed E-state index contributed by atoms with van der Waals surface area (Å²) in [6.45, 7) is 3.48. The van der Waals surface area contributed by atoms with Crippen LogP contribution in [0.2, 0.25) is 0 Å². The summed E-state index contributed by atoms with van der Waals surface area (Å²) in [4.78, 5) is 34.2. The molecule has 9 nitrogen and oxygen atoms in total. The predicted molar refractivity (Wildman–Crippen MR) is 97.8 cm³/mol. The Morgan fingerprint density at radius 2 is 1.56 bits per heavy atom. The minimum absolute atomic E-state index is 0.169. The van der Waals surface area contributed by atoms with Crippen LogP contribution < -0.4 is 21.9 Å². The topological polar surface area (TPSA) is 168 Å². The van der Waals surface area contributed by atoms with Crippen molar-refractivity contribution in [2.24, 2.45) is 23.1 Å². The summed E-state index contributed by atoms with van der Waals surface area (Å²) in [7, 11) is 0. The van der Waals surface area contributed by atoms with Crippen molar-refractivity contribution in [2.75, 3.05) is 6.61 Å². The molecule has 0 aliphatic heterocycles. The molecule has 7 N–H and O–H groups in total. The number of esters is 2. The monoisotopic (exact) mass is 381 g/mol. The summed E-state index contributed by atoms with van der Waals surface area (Å²) >= 11 is 0. The maximum atomic E-state index is 11.9. The first-order valence-corrected chi connectivity index (χ1v) is 8.57. The van der Waals surface area contributed by atoms with Crippen molar-refractivity contribution in [3.05, 3.63) is 29.8 Å². The van der Waals surface area contributed by atoms with Crippen LogP contribution in [0.5, 0.6) is 5.75 Å². The molecule has 27 heavy (non-hydrogen) atoms. The van der Waals surface area contributed by atoms with Gasteiger partial charge in [0.1, 0.15) is 30.5 Å². The average molecular weight is 381 g/mol. The second kappa shape index (κ2) is 10.6. The van der Waals surface area contributed by atoms with Crippen molar-refractivity contribution in [1.29, 1.82) is 0 Å². The SMILES string of the molecule is CC(C)C[C@H](N)C(=O)Oc1ccc(C[C@H](N)C(=O)OC[C@@H](N)C(=O)O)cc1. The summed E-state index contributed by atoms with van der Waals surface area (Å²) in [6.07, 6.45) is 0.696. The molecule has 3 atom stereocenters. The van der Waals surface area contributed by atoms with Gasteiger partial charge in [-0.3, -0.25) is 9.59 Å². The van der Waals surface area contributed by atoms with E-state index in [1.165, 1.54) is 0 Å². The molecule has 0 bridgehead atoms. The van der Waals surface area contributed by atoms with Crippen molar-refractivity contribution < 1.29 is 29.0 Å². The highest BCUT2D eigenvalue weighted by Crippen LogP contribution is 2.15. The molecule has 0 saturated heterocycles. The van der Waals surface area contributed by atoms with Crippen LogP contribution >= 0.6 is 0 Å². The molecule has 9 heteroatoms. The molecule has 0 unspecified atom stereocenters. The second-order valence-electron chi connectivity index (χ2n) is 6.69. The average Bonchev–Trinajstić information content (AvgIpc) is 2.60. The number of benzene rings is 1. The molecule has 0 spiro atoms. The highest BCUT2D eigenvalue weighted by atomic mass is 16.5. The van der Waals surface area contributed by atoms with E-state index in [0.717, 1.165) is 0 Å². The van der Waals surface area contributed by atoms with Gasteiger partial charge in [0.05, 0.1) is 0 Å². The van der Waals surface area contributed by atoms with Crippen molar-refractivity contribution in [1.82, 2.24) is 0 Å². The van der Waals surface area contributed by atoms with E-state index in [1.54, 1.807) is 24.3 Å². The predicted octanol–water partition coefficient (Wildman–Crippen LogP) is -0.210. The van der Waals surface area contributed by atoms with E-state index in [-0.39, 0.29) is 12.3 Å². The second-order valence-corrected chi connectivity index (χ2v) is 6.69. The summed E-state index contributed by atoms with van der Waals surface area (Å²) in [5.74, 6) is -1.91. The zero-order valence-electron chi connectivity index (χ0n) is 15.5. The molecule has 1 aromatic rings. The molecule has 1 aromatic carbocycles. The lowest BCUT2D eigenvalue weighted by Gasteiger charge is -2.14. The Hall–Kier alpha value is -2.49. The van der Waals surface area contributed by atoms with Crippen molar-refractivity contribution >= 4 is 17.9 Å². The number of carboxylic acids is 1. The van der Waals surface area contributed by atoms with Gasteiger partial charge < -0.3 is 31.8 Å². The van der Waals surface area contributed by atoms with Crippen LogP contribution in [0.25, 0.3) is 0 Å². The Labute approximate surface area is 157 Å². The molecular formula is C18H27N3O6. The number of nitrogens with two attached hydrogens (primary N) is 3. The smallest absolute Gasteiger partial charge is 0.328 e. The quantitative estimate of drug-likeness (QED) is 0.316. The lowest BCUT2D eigenvalue weighted by atomic mass is 10.0. The zero-order chi connectivity index (χ0) is 20.6. The van der Waals surface area contributed by atoms with Crippen LogP contribution in [0.1, 0.15) is 25.8 Å². The Kier molecular flexibility index (Phi) is 8.86. The van der Waals surface area contributed by atoms with Crippen LogP contribution in [-0.2, 0) is 25.5 Å². The molecule has 0 aliphatic rings. The van der Waals surface area contributed by atoms with Crippen molar-refractivity contribution in [3.63, 3.8) is 0 Å². The third-order valence-electron chi connectivity index (χ3n) is 3.65. The van der Waals surface area contributed by atoms with Crippen LogP contribution in [0, 0.1) is 5.92 Å². The standard InChI is InChI=1S/C18H27N3O6/c1-10(2)7-13(19)18(25)27-12-5-3-11(4-6-12)8-14(20)17(24)26-9-15(21)16(22)23/h3-6,10,13-15H,7-9,19-21H2,1-2H3,(H,22,23)/t13-,14-,15+/m0/s1. The van der Waals surface area contributed by atoms with Crippen LogP contribution in [-0.4, -0.2) is 47.7 Å². The molecule has 0 saturated carbocycles. The molecule has 0 aromatic heterocycles. The van der Waals surface area contributed by atoms with E-state index < -0.39 is 42.6 Å². The first-order valence-electron chi connectivity index (χ1n) is 8.57. The number of rotatable bonds is 10. The largest absolute Gasteiger partial charge is 0.480 e. The van der Waals surface area contributed by atoms with Crippen molar-refractivity contribution in [2.45, 2.75) is 44.8 Å². The van der Waals surface area contributed by atoms with Gasteiger partial charge in [0, 0.05) is 0 Å². The third-order valence-corrected chi connectivity index (χ3v) is 3.65. The minimum atomic E-state index is -1.29. The van der Waals surface area contributed by atoms with Crippen LogP contribution in [0.3, 0.4) is 0 Å². The maximum absolute atomic E-state index is 11.9. The van der Waals surface area contributed by atoms with Gasteiger partial charge in [-0.1, -0.05) is 26.0 Å². The Morgan fingerprint density at radius 1 is 0.963 bits per heavy atom. The van der Waals surface area contributed by atoms with Crippen LogP contribution in [0.4, 0.5) is 0 Å². The number of carbonyl (C=O) groups is 3. The summed E-state index contributed by atoms with van der Waals surface area (Å²) in [6, 6.07) is 3.52. The number of carbonyl (C=O) groups excluding carboxylic acids is 2. The normalized spacial score (nSPS) is 14.3. The zero-order valence-corrected chi connectivity index (χ0v) is 15.5. The van der Waals surface area contributed by atoms with E-state index in [0.29, 0.717) is 17.7 Å².